The Bertz CT molecular complexity index is 924. The van der Waals surface area contributed by atoms with Crippen LogP contribution in [-0.4, -0.2) is 47.4 Å². The molecule has 0 spiro atoms. The van der Waals surface area contributed by atoms with Gasteiger partial charge in [0, 0.05) is 35.0 Å². The lowest BCUT2D eigenvalue weighted by atomic mass is 9.82. The Morgan fingerprint density at radius 1 is 1.25 bits per heavy atom. The molecule has 1 N–H and O–H groups in total. The van der Waals surface area contributed by atoms with E-state index in [1.165, 1.54) is 35.3 Å². The van der Waals surface area contributed by atoms with E-state index in [1.54, 1.807) is 11.3 Å². The Hall–Kier alpha value is -2.05. The summed E-state index contributed by atoms with van der Waals surface area (Å²) in [6.07, 6.45) is 10.9. The van der Waals surface area contributed by atoms with Gasteiger partial charge in [-0.05, 0) is 68.3 Å². The van der Waals surface area contributed by atoms with Gasteiger partial charge in [0.2, 0.25) is 0 Å². The lowest BCUT2D eigenvalue weighted by Crippen LogP contribution is -2.56. The van der Waals surface area contributed by atoms with Crippen LogP contribution in [0.4, 0.5) is 0 Å². The molecule has 2 unspecified atom stereocenters. The predicted octanol–water partition coefficient (Wildman–Crippen LogP) is 3.71. The number of rotatable bonds is 3. The van der Waals surface area contributed by atoms with Gasteiger partial charge >= 0.3 is 0 Å². The quantitative estimate of drug-likeness (QED) is 0.850. The summed E-state index contributed by atoms with van der Waals surface area (Å²) in [6.45, 7) is 2.11. The van der Waals surface area contributed by atoms with E-state index in [2.05, 4.69) is 58.0 Å². The third kappa shape index (κ3) is 3.18. The maximum atomic E-state index is 13.0. The maximum absolute atomic E-state index is 13.0. The van der Waals surface area contributed by atoms with Crippen LogP contribution in [0.5, 0.6) is 0 Å². The second-order valence-corrected chi connectivity index (χ2v) is 9.36. The largest absolute Gasteiger partial charge is 0.348 e. The number of nitrogens with zero attached hydrogens (tertiary/aromatic N) is 3. The Morgan fingerprint density at radius 3 is 2.75 bits per heavy atom. The summed E-state index contributed by atoms with van der Waals surface area (Å²) in [5, 5.41) is 14.0. The lowest BCUT2D eigenvalue weighted by Gasteiger charge is -2.47. The fourth-order valence-electron chi connectivity index (χ4n) is 4.99. The molecule has 5 nitrogen and oxygen atoms in total. The average Bonchev–Trinajstić information content (AvgIpc) is 3.28. The summed E-state index contributed by atoms with van der Waals surface area (Å²) in [5.41, 5.74) is 4.72. The van der Waals surface area contributed by atoms with Gasteiger partial charge in [-0.25, -0.2) is 0 Å². The van der Waals surface area contributed by atoms with E-state index in [1.807, 2.05) is 0 Å². The number of amides is 1. The summed E-state index contributed by atoms with van der Waals surface area (Å²) in [4.78, 5) is 16.8. The van der Waals surface area contributed by atoms with Gasteiger partial charge in [-0.15, -0.1) is 16.4 Å². The number of nitrogens with one attached hydrogen (secondary N) is 1. The minimum atomic E-state index is -0.0683. The van der Waals surface area contributed by atoms with Gasteiger partial charge in [-0.3, -0.25) is 4.79 Å². The molecule has 2 fully saturated rings. The van der Waals surface area contributed by atoms with Crippen molar-refractivity contribution in [3.8, 4) is 0 Å². The van der Waals surface area contributed by atoms with E-state index >= 15 is 0 Å². The van der Waals surface area contributed by atoms with Crippen LogP contribution in [-0.2, 0) is 4.79 Å². The number of carbonyl (C=O) groups is 1. The van der Waals surface area contributed by atoms with Gasteiger partial charge in [-0.2, -0.15) is 5.10 Å². The molecule has 5 rings (SSSR count). The predicted molar refractivity (Wildman–Crippen MR) is 115 cm³/mol. The van der Waals surface area contributed by atoms with Gasteiger partial charge in [0.1, 0.15) is 0 Å². The zero-order valence-electron chi connectivity index (χ0n) is 16.4. The number of allylic oxidation sites excluding steroid dienone is 3. The number of piperidine rings is 2. The van der Waals surface area contributed by atoms with Crippen LogP contribution in [0.15, 0.2) is 39.4 Å². The number of thiophene rings is 1. The molecule has 3 aliphatic heterocycles. The molecule has 146 valence electrons. The van der Waals surface area contributed by atoms with Crippen molar-refractivity contribution in [2.45, 2.75) is 63.6 Å². The van der Waals surface area contributed by atoms with Crippen LogP contribution < -0.4 is 5.32 Å². The number of carbonyl (C=O) groups excluding carboxylic acids is 1. The lowest BCUT2D eigenvalue weighted by molar-refractivity contribution is -0.116. The Morgan fingerprint density at radius 2 is 2.04 bits per heavy atom. The van der Waals surface area contributed by atoms with Crippen molar-refractivity contribution >= 4 is 34.2 Å². The molecule has 4 heterocycles. The SMILES string of the molecule is Cc1csc(C2=CCC3=NN=C(C(=O)NC4CC5CCCC(C4)N5C)C3=C2)c1. The van der Waals surface area contributed by atoms with Crippen molar-refractivity contribution in [3.05, 3.63) is 39.6 Å². The highest BCUT2D eigenvalue weighted by atomic mass is 32.1. The van der Waals surface area contributed by atoms with Gasteiger partial charge in [0.05, 0.1) is 5.71 Å². The third-order valence-electron chi connectivity index (χ3n) is 6.56. The molecule has 0 radical (unpaired) electrons. The van der Waals surface area contributed by atoms with E-state index in [9.17, 15) is 4.79 Å². The highest BCUT2D eigenvalue weighted by Gasteiger charge is 2.37. The van der Waals surface area contributed by atoms with Crippen LogP contribution >= 0.6 is 11.3 Å². The molecular formula is C22H26N4OS. The first-order valence-corrected chi connectivity index (χ1v) is 11.1. The smallest absolute Gasteiger partial charge is 0.272 e. The van der Waals surface area contributed by atoms with E-state index in [0.717, 1.165) is 30.5 Å². The first-order valence-electron chi connectivity index (χ1n) is 10.2. The molecule has 4 aliphatic rings. The Labute approximate surface area is 169 Å². The van der Waals surface area contributed by atoms with E-state index < -0.39 is 0 Å². The monoisotopic (exact) mass is 394 g/mol. The molecule has 0 aromatic carbocycles. The fraction of sp³-hybridized carbons (Fsp3) is 0.500. The van der Waals surface area contributed by atoms with E-state index in [4.69, 9.17) is 0 Å². The minimum Gasteiger partial charge on any atom is -0.348 e. The molecule has 0 saturated carbocycles. The van der Waals surface area contributed by atoms with Crippen molar-refractivity contribution in [2.75, 3.05) is 7.05 Å². The zero-order chi connectivity index (χ0) is 19.3. The molecule has 28 heavy (non-hydrogen) atoms. The number of hydrogen-bond donors (Lipinski definition) is 1. The summed E-state index contributed by atoms with van der Waals surface area (Å²) < 4.78 is 0. The van der Waals surface area contributed by atoms with Crippen molar-refractivity contribution in [2.24, 2.45) is 10.2 Å². The normalized spacial score (nSPS) is 29.4. The van der Waals surface area contributed by atoms with E-state index in [-0.39, 0.29) is 11.9 Å². The van der Waals surface area contributed by atoms with Gasteiger partial charge < -0.3 is 10.2 Å². The Kier molecular flexibility index (Phi) is 4.56. The first kappa shape index (κ1) is 18.0. The molecule has 2 atom stereocenters. The summed E-state index contributed by atoms with van der Waals surface area (Å²) >= 11 is 1.74. The highest BCUT2D eigenvalue weighted by Crippen LogP contribution is 2.33. The van der Waals surface area contributed by atoms with Crippen LogP contribution in [0.25, 0.3) is 5.57 Å². The number of hydrogen-bond acceptors (Lipinski definition) is 5. The third-order valence-corrected chi connectivity index (χ3v) is 7.65. The molecule has 1 aromatic heterocycles. The summed E-state index contributed by atoms with van der Waals surface area (Å²) in [5.74, 6) is -0.0683. The van der Waals surface area contributed by atoms with Crippen LogP contribution in [0.2, 0.25) is 0 Å². The van der Waals surface area contributed by atoms with Gasteiger partial charge in [0.15, 0.2) is 5.71 Å². The van der Waals surface area contributed by atoms with E-state index in [0.29, 0.717) is 17.8 Å². The van der Waals surface area contributed by atoms with Crippen LogP contribution in [0.1, 0.15) is 49.0 Å². The van der Waals surface area contributed by atoms with Crippen LogP contribution in [0, 0.1) is 6.92 Å². The molecule has 6 heteroatoms. The first-order chi connectivity index (χ1) is 13.6. The molecule has 1 aromatic rings. The second kappa shape index (κ2) is 7.08. The standard InChI is InChI=1S/C22H26N4OS/c1-13-8-20(28-12-13)14-6-7-19-18(9-14)21(25-24-19)22(27)23-15-10-16-4-3-5-17(11-15)26(16)2/h6,8-9,12,15-17H,3-5,7,10-11H2,1-2H3,(H,23,27). The molecular weight excluding hydrogens is 368 g/mol. The highest BCUT2D eigenvalue weighted by molar-refractivity contribution is 7.11. The van der Waals surface area contributed by atoms with Crippen molar-refractivity contribution in [3.63, 3.8) is 0 Å². The summed E-state index contributed by atoms with van der Waals surface area (Å²) in [7, 11) is 2.24. The number of fused-ring (bicyclic) bond motifs is 3. The molecule has 1 aliphatic carbocycles. The Balaban J connectivity index is 1.31. The fourth-order valence-corrected chi connectivity index (χ4v) is 5.90. The maximum Gasteiger partial charge on any atom is 0.272 e. The molecule has 2 bridgehead atoms. The van der Waals surface area contributed by atoms with Gasteiger partial charge in [-0.1, -0.05) is 12.5 Å². The molecule has 2 saturated heterocycles. The van der Waals surface area contributed by atoms with Gasteiger partial charge in [0.25, 0.3) is 5.91 Å². The molecule has 1 amide bonds. The number of aryl methyl sites for hydroxylation is 1. The minimum absolute atomic E-state index is 0.0683. The second-order valence-electron chi connectivity index (χ2n) is 8.45. The zero-order valence-corrected chi connectivity index (χ0v) is 17.3. The van der Waals surface area contributed by atoms with Crippen LogP contribution in [0.3, 0.4) is 0 Å². The van der Waals surface area contributed by atoms with Crippen molar-refractivity contribution in [1.29, 1.82) is 0 Å². The summed E-state index contributed by atoms with van der Waals surface area (Å²) in [6, 6.07) is 3.63. The topological polar surface area (TPSA) is 57.1 Å². The van der Waals surface area contributed by atoms with Crippen molar-refractivity contribution < 1.29 is 4.79 Å². The average molecular weight is 395 g/mol. The van der Waals surface area contributed by atoms with Crippen molar-refractivity contribution in [1.82, 2.24) is 10.2 Å².